The molecule has 1 aromatic heterocycles. The highest BCUT2D eigenvalue weighted by molar-refractivity contribution is 5.93. The van der Waals surface area contributed by atoms with Crippen LogP contribution in [-0.2, 0) is 6.42 Å². The van der Waals surface area contributed by atoms with Gasteiger partial charge in [-0.25, -0.2) is 4.39 Å². The first-order chi connectivity index (χ1) is 12.1. The van der Waals surface area contributed by atoms with Crippen LogP contribution in [0.3, 0.4) is 0 Å². The summed E-state index contributed by atoms with van der Waals surface area (Å²) in [6.45, 7) is 2.49. The third-order valence-corrected chi connectivity index (χ3v) is 3.90. The zero-order valence-corrected chi connectivity index (χ0v) is 14.0. The van der Waals surface area contributed by atoms with Crippen LogP contribution in [0.1, 0.15) is 28.0 Å². The number of aryl methyl sites for hydroxylation is 2. The van der Waals surface area contributed by atoms with Gasteiger partial charge < -0.3 is 9.84 Å². The Morgan fingerprint density at radius 3 is 2.72 bits per heavy atom. The molecule has 0 aliphatic rings. The van der Waals surface area contributed by atoms with Crippen LogP contribution in [0.25, 0.3) is 11.3 Å². The first-order valence-electron chi connectivity index (χ1n) is 8.18. The highest BCUT2D eigenvalue weighted by Gasteiger charge is 2.13. The molecular weight excluding hydrogens is 319 g/mol. The molecule has 3 rings (SSSR count). The summed E-state index contributed by atoms with van der Waals surface area (Å²) in [5.74, 6) is 0.0408. The second kappa shape index (κ2) is 7.75. The third-order valence-electron chi connectivity index (χ3n) is 3.90. The number of aromatic nitrogens is 1. The molecule has 0 atom stereocenters. The topological polar surface area (TPSA) is 55.1 Å². The number of carbonyl (C=O) groups is 1. The van der Waals surface area contributed by atoms with Gasteiger partial charge in [-0.2, -0.15) is 0 Å². The fourth-order valence-electron chi connectivity index (χ4n) is 2.51. The van der Waals surface area contributed by atoms with Crippen LogP contribution < -0.4 is 5.32 Å². The van der Waals surface area contributed by atoms with E-state index in [1.54, 1.807) is 12.1 Å². The molecule has 3 aromatic rings. The fourth-order valence-corrected chi connectivity index (χ4v) is 2.51. The molecule has 1 heterocycles. The maximum Gasteiger partial charge on any atom is 0.273 e. The summed E-state index contributed by atoms with van der Waals surface area (Å²) in [6, 6.07) is 15.9. The number of hydrogen-bond donors (Lipinski definition) is 1. The van der Waals surface area contributed by atoms with Crippen LogP contribution in [-0.4, -0.2) is 17.6 Å². The highest BCUT2D eigenvalue weighted by Crippen LogP contribution is 2.20. The smallest absolute Gasteiger partial charge is 0.273 e. The molecule has 1 N–H and O–H groups in total. The summed E-state index contributed by atoms with van der Waals surface area (Å²) < 4.78 is 18.3. The molecule has 0 aliphatic heterocycles. The van der Waals surface area contributed by atoms with Crippen LogP contribution >= 0.6 is 0 Å². The molecule has 128 valence electrons. The van der Waals surface area contributed by atoms with Crippen molar-refractivity contribution in [3.8, 4) is 11.3 Å². The van der Waals surface area contributed by atoms with Gasteiger partial charge >= 0.3 is 0 Å². The van der Waals surface area contributed by atoms with E-state index in [4.69, 9.17) is 4.52 Å². The molecule has 2 aromatic carbocycles. The lowest BCUT2D eigenvalue weighted by molar-refractivity contribution is 0.0944. The Labute approximate surface area is 145 Å². The first-order valence-corrected chi connectivity index (χ1v) is 8.18. The van der Waals surface area contributed by atoms with Gasteiger partial charge in [0, 0.05) is 18.2 Å². The standard InChI is InChI=1S/C20H19FN2O2/c1-14-7-9-16(10-8-14)19-13-18(23-25-19)20(24)22-11-3-5-15-4-2-6-17(21)12-15/h2,4,6-10,12-13H,3,5,11H2,1H3,(H,22,24). The lowest BCUT2D eigenvalue weighted by Gasteiger charge is -2.03. The molecule has 0 fully saturated rings. The second-order valence-electron chi connectivity index (χ2n) is 5.93. The molecule has 0 spiro atoms. The average molecular weight is 338 g/mol. The van der Waals surface area contributed by atoms with Crippen molar-refractivity contribution in [2.75, 3.05) is 6.54 Å². The molecule has 0 bridgehead atoms. The number of nitrogens with one attached hydrogen (secondary N) is 1. The summed E-state index contributed by atoms with van der Waals surface area (Å²) in [7, 11) is 0. The Hall–Kier alpha value is -2.95. The Bertz CT molecular complexity index is 856. The summed E-state index contributed by atoms with van der Waals surface area (Å²) >= 11 is 0. The van der Waals surface area contributed by atoms with Gasteiger partial charge in [0.25, 0.3) is 5.91 Å². The highest BCUT2D eigenvalue weighted by atomic mass is 19.1. The number of rotatable bonds is 6. The van der Waals surface area contributed by atoms with Gasteiger partial charge in [0.1, 0.15) is 5.82 Å². The van der Waals surface area contributed by atoms with Gasteiger partial charge in [-0.1, -0.05) is 47.1 Å². The van der Waals surface area contributed by atoms with Crippen molar-refractivity contribution in [1.29, 1.82) is 0 Å². The Morgan fingerprint density at radius 1 is 1.16 bits per heavy atom. The predicted octanol–water partition coefficient (Wildman–Crippen LogP) is 4.15. The third kappa shape index (κ3) is 4.53. The minimum Gasteiger partial charge on any atom is -0.355 e. The number of benzene rings is 2. The first kappa shape index (κ1) is 16.9. The van der Waals surface area contributed by atoms with Crippen LogP contribution in [0.2, 0.25) is 0 Å². The average Bonchev–Trinajstić information content (AvgIpc) is 3.09. The predicted molar refractivity (Wildman–Crippen MR) is 93.7 cm³/mol. The lowest BCUT2D eigenvalue weighted by Crippen LogP contribution is -2.25. The number of halogens is 1. The largest absolute Gasteiger partial charge is 0.355 e. The number of amides is 1. The molecule has 0 saturated carbocycles. The maximum atomic E-state index is 13.1. The number of carbonyl (C=O) groups excluding carboxylic acids is 1. The van der Waals surface area contributed by atoms with E-state index >= 15 is 0 Å². The van der Waals surface area contributed by atoms with E-state index < -0.39 is 0 Å². The van der Waals surface area contributed by atoms with Crippen LogP contribution in [0, 0.1) is 12.7 Å². The number of nitrogens with zero attached hydrogens (tertiary/aromatic N) is 1. The Kier molecular flexibility index (Phi) is 5.23. The van der Waals surface area contributed by atoms with Crippen molar-refractivity contribution in [3.63, 3.8) is 0 Å². The van der Waals surface area contributed by atoms with E-state index in [2.05, 4.69) is 10.5 Å². The molecular formula is C20H19FN2O2. The van der Waals surface area contributed by atoms with Crippen LogP contribution in [0.4, 0.5) is 4.39 Å². The molecule has 5 heteroatoms. The van der Waals surface area contributed by atoms with Crippen molar-refractivity contribution >= 4 is 5.91 Å². The fraction of sp³-hybridized carbons (Fsp3) is 0.200. The van der Waals surface area contributed by atoms with Crippen molar-refractivity contribution in [2.24, 2.45) is 0 Å². The SMILES string of the molecule is Cc1ccc(-c2cc(C(=O)NCCCc3cccc(F)c3)no2)cc1. The maximum absolute atomic E-state index is 13.1. The van der Waals surface area contributed by atoms with E-state index in [1.165, 1.54) is 12.1 Å². The van der Waals surface area contributed by atoms with Gasteiger partial charge in [0.2, 0.25) is 0 Å². The number of hydrogen-bond acceptors (Lipinski definition) is 3. The molecule has 25 heavy (non-hydrogen) atoms. The van der Waals surface area contributed by atoms with Gasteiger partial charge in [0.05, 0.1) is 0 Å². The second-order valence-corrected chi connectivity index (χ2v) is 5.93. The summed E-state index contributed by atoms with van der Waals surface area (Å²) in [4.78, 5) is 12.1. The minimum atomic E-state index is -0.277. The Morgan fingerprint density at radius 2 is 1.96 bits per heavy atom. The quantitative estimate of drug-likeness (QED) is 0.687. The van der Waals surface area contributed by atoms with Gasteiger partial charge in [-0.15, -0.1) is 0 Å². The van der Waals surface area contributed by atoms with E-state index in [-0.39, 0.29) is 17.4 Å². The minimum absolute atomic E-state index is 0.243. The van der Waals surface area contributed by atoms with Crippen LogP contribution in [0.15, 0.2) is 59.1 Å². The molecule has 4 nitrogen and oxygen atoms in total. The monoisotopic (exact) mass is 338 g/mol. The zero-order chi connectivity index (χ0) is 17.6. The molecule has 0 saturated heterocycles. The molecule has 1 amide bonds. The Balaban J connectivity index is 1.51. The summed E-state index contributed by atoms with van der Waals surface area (Å²) in [5, 5.41) is 6.63. The van der Waals surface area contributed by atoms with Crippen molar-refractivity contribution in [3.05, 3.63) is 77.2 Å². The van der Waals surface area contributed by atoms with Crippen molar-refractivity contribution in [2.45, 2.75) is 19.8 Å². The van der Waals surface area contributed by atoms with Crippen LogP contribution in [0.5, 0.6) is 0 Å². The molecule has 0 aliphatic carbocycles. The summed E-state index contributed by atoms with van der Waals surface area (Å²) in [6.07, 6.45) is 1.42. The van der Waals surface area contributed by atoms with Gasteiger partial charge in [-0.3, -0.25) is 4.79 Å². The van der Waals surface area contributed by atoms with Crippen molar-refractivity contribution in [1.82, 2.24) is 10.5 Å². The van der Waals surface area contributed by atoms with E-state index in [0.717, 1.165) is 23.1 Å². The normalized spacial score (nSPS) is 10.6. The summed E-state index contributed by atoms with van der Waals surface area (Å²) in [5.41, 5.74) is 3.20. The van der Waals surface area contributed by atoms with E-state index in [0.29, 0.717) is 18.7 Å². The van der Waals surface area contributed by atoms with Gasteiger partial charge in [0.15, 0.2) is 11.5 Å². The van der Waals surface area contributed by atoms with E-state index in [1.807, 2.05) is 37.3 Å². The van der Waals surface area contributed by atoms with Crippen molar-refractivity contribution < 1.29 is 13.7 Å². The van der Waals surface area contributed by atoms with E-state index in [9.17, 15) is 9.18 Å². The molecule has 0 radical (unpaired) electrons. The zero-order valence-electron chi connectivity index (χ0n) is 14.0. The van der Waals surface area contributed by atoms with Gasteiger partial charge in [-0.05, 0) is 37.5 Å². The lowest BCUT2D eigenvalue weighted by atomic mass is 10.1. The molecule has 0 unspecified atom stereocenters.